The highest BCUT2D eigenvalue weighted by molar-refractivity contribution is 5.40. The van der Waals surface area contributed by atoms with Crippen molar-refractivity contribution in [2.45, 2.75) is 0 Å². The number of methoxy groups -OCH3 is 1. The second-order valence-electron chi connectivity index (χ2n) is 1.69. The fourth-order valence-corrected chi connectivity index (χ4v) is 0.550. The summed E-state index contributed by atoms with van der Waals surface area (Å²) in [6, 6.07) is 8.06. The number of hydrogen-bond acceptors (Lipinski definition) is 2. The second-order valence-corrected chi connectivity index (χ2v) is 1.69. The maximum absolute atomic E-state index is 5.39. The quantitative estimate of drug-likeness (QED) is 0.565. The molecule has 0 saturated carbocycles. The summed E-state index contributed by atoms with van der Waals surface area (Å²) in [5.74, 6) is 0.712. The Hall–Kier alpha value is -1.18. The van der Waals surface area contributed by atoms with E-state index in [9.17, 15) is 0 Å². The van der Waals surface area contributed by atoms with Crippen LogP contribution < -0.4 is 10.5 Å². The molecule has 47 valence electrons. The van der Waals surface area contributed by atoms with E-state index >= 15 is 0 Å². The molecule has 0 saturated heterocycles. The number of ether oxygens (including phenoxy) is 1. The van der Waals surface area contributed by atoms with Gasteiger partial charge >= 0.3 is 0 Å². The lowest BCUT2D eigenvalue weighted by atomic mass is 10.3. The molecule has 0 aromatic heterocycles. The Labute approximate surface area is 54.2 Å². The normalized spacial score (nSPS) is 9.00. The summed E-state index contributed by atoms with van der Waals surface area (Å²) in [6.07, 6.45) is 0. The molecule has 0 fully saturated rings. The molecule has 0 aliphatic rings. The number of nitrogens with two attached hydrogens (primary N) is 1. The van der Waals surface area contributed by atoms with Gasteiger partial charge in [0.05, 0.1) is 7.11 Å². The van der Waals surface area contributed by atoms with Crippen molar-refractivity contribution in [3.8, 4) is 5.75 Å². The lowest BCUT2D eigenvalue weighted by Gasteiger charge is -1.96. The van der Waals surface area contributed by atoms with Crippen molar-refractivity contribution in [3.63, 3.8) is 0 Å². The molecule has 1 aromatic carbocycles. The van der Waals surface area contributed by atoms with Gasteiger partial charge in [-0.3, -0.25) is 0 Å². The third-order valence-corrected chi connectivity index (χ3v) is 1.03. The Balaban J connectivity index is 2.88. The summed E-state index contributed by atoms with van der Waals surface area (Å²) in [6.45, 7) is 0. The maximum Gasteiger partial charge on any atom is 0.126 e. The first-order valence-electron chi connectivity index (χ1n) is 2.64. The largest absolute Gasteiger partial charge is 0.496 e. The monoisotopic (exact) mass is 122 g/mol. The van der Waals surface area contributed by atoms with Crippen molar-refractivity contribution in [1.29, 1.82) is 0 Å². The molecule has 0 amide bonds. The number of benzene rings is 1. The van der Waals surface area contributed by atoms with Crippen molar-refractivity contribution in [2.75, 3.05) is 12.8 Å². The first-order chi connectivity index (χ1) is 4.33. The van der Waals surface area contributed by atoms with Gasteiger partial charge in [0, 0.05) is 11.8 Å². The summed E-state index contributed by atoms with van der Waals surface area (Å²) in [5, 5.41) is 0. The third kappa shape index (κ3) is 1.35. The smallest absolute Gasteiger partial charge is 0.126 e. The minimum Gasteiger partial charge on any atom is -0.496 e. The molecule has 0 bridgehead atoms. The minimum absolute atomic E-state index is 0.704. The van der Waals surface area contributed by atoms with Gasteiger partial charge in [-0.15, -0.1) is 0 Å². The Bertz CT molecular complexity index is 181. The lowest BCUT2D eigenvalue weighted by Crippen LogP contribution is -1.85. The van der Waals surface area contributed by atoms with Crippen molar-refractivity contribution in [1.82, 2.24) is 0 Å². The molecular weight excluding hydrogens is 114 g/mol. The molecule has 9 heavy (non-hydrogen) atoms. The summed E-state index contributed by atoms with van der Waals surface area (Å²) in [4.78, 5) is 0. The van der Waals surface area contributed by atoms with E-state index in [-0.39, 0.29) is 0 Å². The molecule has 0 aliphatic heterocycles. The van der Waals surface area contributed by atoms with Gasteiger partial charge in [0.1, 0.15) is 5.75 Å². The molecule has 0 spiro atoms. The first-order valence-corrected chi connectivity index (χ1v) is 2.64. The molecular formula is C7H8NO. The zero-order valence-corrected chi connectivity index (χ0v) is 5.22. The van der Waals surface area contributed by atoms with Crippen LogP contribution in [-0.4, -0.2) is 7.11 Å². The van der Waals surface area contributed by atoms with Crippen LogP contribution in [0.5, 0.6) is 5.75 Å². The van der Waals surface area contributed by atoms with Crippen LogP contribution in [0, 0.1) is 6.07 Å². The summed E-state index contributed by atoms with van der Waals surface area (Å²) in [5.41, 5.74) is 6.10. The number of rotatable bonds is 1. The molecule has 2 N–H and O–H groups in total. The molecule has 0 heterocycles. The zero-order valence-electron chi connectivity index (χ0n) is 5.22. The number of hydrogen-bond donors (Lipinski definition) is 1. The second kappa shape index (κ2) is 2.40. The summed E-state index contributed by atoms with van der Waals surface area (Å²) in [7, 11) is 1.60. The number of anilines is 1. The molecule has 0 unspecified atom stereocenters. The average Bonchev–Trinajstić information content (AvgIpc) is 1.90. The lowest BCUT2D eigenvalue weighted by molar-refractivity contribution is 0.414. The Morgan fingerprint density at radius 2 is 2.33 bits per heavy atom. The van der Waals surface area contributed by atoms with Gasteiger partial charge in [-0.25, -0.2) is 0 Å². The van der Waals surface area contributed by atoms with Crippen molar-refractivity contribution in [2.24, 2.45) is 0 Å². The summed E-state index contributed by atoms with van der Waals surface area (Å²) < 4.78 is 4.86. The maximum atomic E-state index is 5.39. The molecule has 0 aliphatic carbocycles. The van der Waals surface area contributed by atoms with Gasteiger partial charge in [-0.05, 0) is 18.2 Å². The molecule has 1 radical (unpaired) electrons. The predicted octanol–water partition coefficient (Wildman–Crippen LogP) is 1.08. The number of nitrogen functional groups attached to an aromatic ring is 1. The average molecular weight is 122 g/mol. The van der Waals surface area contributed by atoms with E-state index in [1.807, 2.05) is 0 Å². The highest BCUT2D eigenvalue weighted by Gasteiger charge is 1.86. The van der Waals surface area contributed by atoms with Crippen LogP contribution in [0.25, 0.3) is 0 Å². The molecule has 1 rings (SSSR count). The SMILES string of the molecule is COc1[c]cc(N)cc1. The van der Waals surface area contributed by atoms with Gasteiger partial charge in [0.25, 0.3) is 0 Å². The van der Waals surface area contributed by atoms with E-state index in [1.165, 1.54) is 0 Å². The van der Waals surface area contributed by atoms with Crippen LogP contribution in [0.1, 0.15) is 0 Å². The van der Waals surface area contributed by atoms with Gasteiger partial charge in [0.2, 0.25) is 0 Å². The zero-order chi connectivity index (χ0) is 6.69. The van der Waals surface area contributed by atoms with E-state index < -0.39 is 0 Å². The minimum atomic E-state index is 0.704. The predicted molar refractivity (Wildman–Crippen MR) is 36.2 cm³/mol. The van der Waals surface area contributed by atoms with Gasteiger partial charge in [0.15, 0.2) is 0 Å². The molecule has 2 heteroatoms. The van der Waals surface area contributed by atoms with E-state index in [4.69, 9.17) is 10.5 Å². The van der Waals surface area contributed by atoms with E-state index in [1.54, 1.807) is 25.3 Å². The van der Waals surface area contributed by atoms with Crippen LogP contribution >= 0.6 is 0 Å². The highest BCUT2D eigenvalue weighted by Crippen LogP contribution is 2.10. The highest BCUT2D eigenvalue weighted by atomic mass is 16.5. The Morgan fingerprint density at radius 3 is 2.78 bits per heavy atom. The first kappa shape index (κ1) is 5.95. The molecule has 2 nitrogen and oxygen atoms in total. The van der Waals surface area contributed by atoms with Crippen LogP contribution in [0.2, 0.25) is 0 Å². The van der Waals surface area contributed by atoms with Crippen molar-refractivity contribution < 1.29 is 4.74 Å². The van der Waals surface area contributed by atoms with Crippen molar-refractivity contribution in [3.05, 3.63) is 24.3 Å². The van der Waals surface area contributed by atoms with E-state index in [2.05, 4.69) is 6.07 Å². The summed E-state index contributed by atoms with van der Waals surface area (Å²) >= 11 is 0. The van der Waals surface area contributed by atoms with Crippen molar-refractivity contribution >= 4 is 5.69 Å². The van der Waals surface area contributed by atoms with E-state index in [0.29, 0.717) is 11.4 Å². The third-order valence-electron chi connectivity index (χ3n) is 1.03. The van der Waals surface area contributed by atoms with Gasteiger partial charge in [-0.1, -0.05) is 0 Å². The van der Waals surface area contributed by atoms with Gasteiger partial charge < -0.3 is 10.5 Å². The Morgan fingerprint density at radius 1 is 1.56 bits per heavy atom. The van der Waals surface area contributed by atoms with Gasteiger partial charge in [-0.2, -0.15) is 0 Å². The van der Waals surface area contributed by atoms with Crippen LogP contribution in [0.15, 0.2) is 18.2 Å². The van der Waals surface area contributed by atoms with Crippen LogP contribution in [0.4, 0.5) is 5.69 Å². The fourth-order valence-electron chi connectivity index (χ4n) is 0.550. The van der Waals surface area contributed by atoms with E-state index in [0.717, 1.165) is 0 Å². The standard InChI is InChI=1S/C7H8NO/c1-9-7-4-2-6(8)3-5-7/h2-4H,8H2,1H3. The molecule has 0 atom stereocenters. The van der Waals surface area contributed by atoms with Crippen LogP contribution in [0.3, 0.4) is 0 Å². The Kier molecular flexibility index (Phi) is 1.58. The topological polar surface area (TPSA) is 35.2 Å². The fraction of sp³-hybridized carbons (Fsp3) is 0.143. The van der Waals surface area contributed by atoms with Crippen LogP contribution in [-0.2, 0) is 0 Å². The molecule has 1 aromatic rings.